The number of nitrogens with two attached hydrogens (primary N) is 1. The largest absolute Gasteiger partial charge is 0.409 e. The average molecular weight is 236 g/mol. The second-order valence-electron chi connectivity index (χ2n) is 3.93. The molecule has 1 fully saturated rings. The number of oxime groups is 1. The quantitative estimate of drug-likeness (QED) is 0.312. The van der Waals surface area contributed by atoms with Crippen molar-refractivity contribution in [2.24, 2.45) is 10.9 Å². The lowest BCUT2D eigenvalue weighted by Crippen LogP contribution is -2.53. The van der Waals surface area contributed by atoms with Crippen LogP contribution in [-0.4, -0.2) is 66.0 Å². The monoisotopic (exact) mass is 236 g/mol. The highest BCUT2D eigenvalue weighted by Crippen LogP contribution is 2.08. The Hall–Kier alpha value is -0.950. The molecule has 1 saturated heterocycles. The van der Waals surface area contributed by atoms with Crippen molar-refractivity contribution in [1.82, 2.24) is 9.80 Å². The number of hydrogen-bond acceptors (Lipinski definition) is 4. The fourth-order valence-electron chi connectivity index (χ4n) is 1.80. The molecule has 94 valence electrons. The summed E-state index contributed by atoms with van der Waals surface area (Å²) < 4.78 is 24.3. The fourth-order valence-corrected chi connectivity index (χ4v) is 1.80. The lowest BCUT2D eigenvalue weighted by molar-refractivity contribution is 0.0526. The maximum absolute atomic E-state index is 12.1. The second-order valence-corrected chi connectivity index (χ2v) is 3.93. The fraction of sp³-hybridized carbons (Fsp3) is 0.889. The molecule has 1 aliphatic rings. The summed E-state index contributed by atoms with van der Waals surface area (Å²) in [6.45, 7) is 4.15. The normalized spacial score (nSPS) is 22.6. The van der Waals surface area contributed by atoms with Gasteiger partial charge in [0.15, 0.2) is 5.84 Å². The van der Waals surface area contributed by atoms with Crippen molar-refractivity contribution in [1.29, 1.82) is 0 Å². The van der Waals surface area contributed by atoms with E-state index >= 15 is 0 Å². The van der Waals surface area contributed by atoms with Crippen LogP contribution in [0.2, 0.25) is 0 Å². The van der Waals surface area contributed by atoms with Gasteiger partial charge in [-0.2, -0.15) is 0 Å². The topological polar surface area (TPSA) is 65.1 Å². The van der Waals surface area contributed by atoms with Gasteiger partial charge in [-0.3, -0.25) is 9.80 Å². The van der Waals surface area contributed by atoms with E-state index in [1.165, 1.54) is 0 Å². The van der Waals surface area contributed by atoms with Crippen molar-refractivity contribution in [3.8, 4) is 0 Å². The van der Waals surface area contributed by atoms with Crippen LogP contribution in [0, 0.1) is 0 Å². The Bertz CT molecular complexity index is 242. The third kappa shape index (κ3) is 3.57. The predicted octanol–water partition coefficient (Wildman–Crippen LogP) is 0.00400. The third-order valence-electron chi connectivity index (χ3n) is 2.89. The van der Waals surface area contributed by atoms with E-state index in [0.29, 0.717) is 26.2 Å². The van der Waals surface area contributed by atoms with Gasteiger partial charge in [0.1, 0.15) is 0 Å². The number of amidine groups is 1. The summed E-state index contributed by atoms with van der Waals surface area (Å²) in [7, 11) is 0. The number of halogens is 2. The second kappa shape index (κ2) is 5.95. The standard InChI is InChI=1S/C9H18F2N4O/c1-7(9(12)13-16)15-4-2-14(3-5-15)6-8(10)11/h7-8,16H,2-6H2,1H3,(H2,12,13). The number of nitrogens with zero attached hydrogens (tertiary/aromatic N) is 3. The molecule has 1 aliphatic heterocycles. The molecule has 7 heteroatoms. The van der Waals surface area contributed by atoms with Gasteiger partial charge in [0.2, 0.25) is 0 Å². The van der Waals surface area contributed by atoms with Crippen molar-refractivity contribution in [2.75, 3.05) is 32.7 Å². The zero-order valence-electron chi connectivity index (χ0n) is 9.31. The molecule has 0 aromatic rings. The molecule has 1 unspecified atom stereocenters. The van der Waals surface area contributed by atoms with Gasteiger partial charge in [0.05, 0.1) is 12.6 Å². The summed E-state index contributed by atoms with van der Waals surface area (Å²) >= 11 is 0. The van der Waals surface area contributed by atoms with Gasteiger partial charge in [0.25, 0.3) is 6.43 Å². The Morgan fingerprint density at radius 2 is 1.94 bits per heavy atom. The van der Waals surface area contributed by atoms with E-state index in [4.69, 9.17) is 10.9 Å². The molecule has 1 heterocycles. The summed E-state index contributed by atoms with van der Waals surface area (Å²) in [5.74, 6) is 0.155. The molecule has 3 N–H and O–H groups in total. The van der Waals surface area contributed by atoms with Crippen LogP contribution >= 0.6 is 0 Å². The maximum Gasteiger partial charge on any atom is 0.251 e. The first-order chi connectivity index (χ1) is 7.54. The summed E-state index contributed by atoms with van der Waals surface area (Å²) in [4.78, 5) is 3.73. The lowest BCUT2D eigenvalue weighted by Gasteiger charge is -2.37. The summed E-state index contributed by atoms with van der Waals surface area (Å²) in [5, 5.41) is 11.5. The van der Waals surface area contributed by atoms with E-state index in [1.54, 1.807) is 4.90 Å². The maximum atomic E-state index is 12.1. The van der Waals surface area contributed by atoms with Gasteiger partial charge in [-0.25, -0.2) is 8.78 Å². The Morgan fingerprint density at radius 1 is 1.38 bits per heavy atom. The minimum atomic E-state index is -2.28. The molecule has 0 aromatic heterocycles. The molecule has 0 radical (unpaired) electrons. The summed E-state index contributed by atoms with van der Waals surface area (Å²) in [6, 6.07) is -0.154. The van der Waals surface area contributed by atoms with E-state index in [0.717, 1.165) is 0 Å². The molecular formula is C9H18F2N4O. The van der Waals surface area contributed by atoms with Crippen molar-refractivity contribution in [2.45, 2.75) is 19.4 Å². The first kappa shape index (κ1) is 13.1. The van der Waals surface area contributed by atoms with Crippen LogP contribution in [0.15, 0.2) is 5.16 Å². The minimum absolute atomic E-state index is 0.154. The molecule has 0 aromatic carbocycles. The Morgan fingerprint density at radius 3 is 2.38 bits per heavy atom. The number of hydrogen-bond donors (Lipinski definition) is 2. The first-order valence-electron chi connectivity index (χ1n) is 5.26. The lowest BCUT2D eigenvalue weighted by atomic mass is 10.2. The van der Waals surface area contributed by atoms with E-state index < -0.39 is 6.43 Å². The van der Waals surface area contributed by atoms with Crippen LogP contribution in [0.25, 0.3) is 0 Å². The van der Waals surface area contributed by atoms with Crippen molar-refractivity contribution in [3.63, 3.8) is 0 Å². The van der Waals surface area contributed by atoms with Crippen LogP contribution in [0.4, 0.5) is 8.78 Å². The van der Waals surface area contributed by atoms with Crippen molar-refractivity contribution in [3.05, 3.63) is 0 Å². The zero-order chi connectivity index (χ0) is 12.1. The van der Waals surface area contributed by atoms with Gasteiger partial charge in [0, 0.05) is 26.2 Å². The van der Waals surface area contributed by atoms with Gasteiger partial charge >= 0.3 is 0 Å². The van der Waals surface area contributed by atoms with Gasteiger partial charge < -0.3 is 10.9 Å². The average Bonchev–Trinajstić information content (AvgIpc) is 2.27. The summed E-state index contributed by atoms with van der Waals surface area (Å²) in [6.07, 6.45) is -2.28. The highest BCUT2D eigenvalue weighted by molar-refractivity contribution is 5.84. The molecule has 5 nitrogen and oxygen atoms in total. The Labute approximate surface area is 93.5 Å². The molecule has 0 bridgehead atoms. The van der Waals surface area contributed by atoms with Crippen LogP contribution in [0.1, 0.15) is 6.92 Å². The van der Waals surface area contributed by atoms with E-state index in [9.17, 15) is 8.78 Å². The highest BCUT2D eigenvalue weighted by Gasteiger charge is 2.24. The van der Waals surface area contributed by atoms with E-state index in [1.807, 2.05) is 11.8 Å². The van der Waals surface area contributed by atoms with Crippen LogP contribution in [0.5, 0.6) is 0 Å². The highest BCUT2D eigenvalue weighted by atomic mass is 19.3. The van der Waals surface area contributed by atoms with Crippen LogP contribution in [-0.2, 0) is 0 Å². The molecule has 0 aliphatic carbocycles. The van der Waals surface area contributed by atoms with Gasteiger partial charge in [-0.05, 0) is 6.92 Å². The van der Waals surface area contributed by atoms with E-state index in [-0.39, 0.29) is 18.4 Å². The SMILES string of the molecule is CC(C(N)=NO)N1CCN(CC(F)F)CC1. The Kier molecular flexibility index (Phi) is 4.88. The number of rotatable bonds is 4. The van der Waals surface area contributed by atoms with Crippen molar-refractivity contribution < 1.29 is 14.0 Å². The van der Waals surface area contributed by atoms with Crippen LogP contribution in [0.3, 0.4) is 0 Å². The predicted molar refractivity (Wildman–Crippen MR) is 56.9 cm³/mol. The molecule has 16 heavy (non-hydrogen) atoms. The number of alkyl halides is 2. The molecule has 0 amide bonds. The van der Waals surface area contributed by atoms with E-state index in [2.05, 4.69) is 5.16 Å². The van der Waals surface area contributed by atoms with Gasteiger partial charge in [-0.15, -0.1) is 0 Å². The third-order valence-corrected chi connectivity index (χ3v) is 2.89. The van der Waals surface area contributed by atoms with Crippen LogP contribution < -0.4 is 5.73 Å². The molecule has 0 saturated carbocycles. The molecular weight excluding hydrogens is 218 g/mol. The first-order valence-corrected chi connectivity index (χ1v) is 5.26. The minimum Gasteiger partial charge on any atom is -0.409 e. The Balaban J connectivity index is 2.37. The molecule has 0 spiro atoms. The van der Waals surface area contributed by atoms with Gasteiger partial charge in [-0.1, -0.05) is 5.16 Å². The number of piperazine rings is 1. The molecule has 1 rings (SSSR count). The zero-order valence-corrected chi connectivity index (χ0v) is 9.31. The molecule has 1 atom stereocenters. The summed E-state index contributed by atoms with van der Waals surface area (Å²) in [5.41, 5.74) is 5.49. The smallest absolute Gasteiger partial charge is 0.251 e. The van der Waals surface area contributed by atoms with Crippen molar-refractivity contribution >= 4 is 5.84 Å².